The van der Waals surface area contributed by atoms with Crippen molar-refractivity contribution in [3.8, 4) is 22.9 Å². The average Bonchev–Trinajstić information content (AvgIpc) is 3.47. The van der Waals surface area contributed by atoms with Crippen molar-refractivity contribution in [2.45, 2.75) is 30.5 Å². The fourth-order valence-electron chi connectivity index (χ4n) is 4.36. The van der Waals surface area contributed by atoms with Crippen molar-refractivity contribution in [1.82, 2.24) is 14.5 Å². The highest BCUT2D eigenvalue weighted by atomic mass is 32.2. The minimum Gasteiger partial charge on any atom is -0.497 e. The highest BCUT2D eigenvalue weighted by molar-refractivity contribution is 7.99. The third-order valence-corrected chi connectivity index (χ3v) is 6.94. The predicted molar refractivity (Wildman–Crippen MR) is 127 cm³/mol. The Balaban J connectivity index is 1.28. The first-order chi connectivity index (χ1) is 16.2. The van der Waals surface area contributed by atoms with Gasteiger partial charge in [0, 0.05) is 31.4 Å². The van der Waals surface area contributed by atoms with E-state index in [1.807, 2.05) is 52.1 Å². The van der Waals surface area contributed by atoms with Crippen molar-refractivity contribution >= 4 is 17.7 Å². The summed E-state index contributed by atoms with van der Waals surface area (Å²) in [6.45, 7) is 2.09. The van der Waals surface area contributed by atoms with Crippen LogP contribution < -0.4 is 14.2 Å². The summed E-state index contributed by atoms with van der Waals surface area (Å²) >= 11 is 1.45. The fourth-order valence-corrected chi connectivity index (χ4v) is 5.22. The molecule has 2 aromatic carbocycles. The number of carbonyl (C=O) groups excluding carboxylic acids is 1. The van der Waals surface area contributed by atoms with Gasteiger partial charge >= 0.3 is 0 Å². The van der Waals surface area contributed by atoms with E-state index in [1.54, 1.807) is 13.3 Å². The van der Waals surface area contributed by atoms with E-state index >= 15 is 0 Å². The molecule has 5 rings (SSSR count). The average molecular weight is 466 g/mol. The maximum absolute atomic E-state index is 13.2. The zero-order valence-corrected chi connectivity index (χ0v) is 19.4. The second kappa shape index (κ2) is 9.79. The summed E-state index contributed by atoms with van der Waals surface area (Å²) in [5.74, 6) is 2.80. The molecule has 1 aromatic heterocycles. The third kappa shape index (κ3) is 4.66. The van der Waals surface area contributed by atoms with Gasteiger partial charge in [-0.2, -0.15) is 0 Å². The van der Waals surface area contributed by atoms with Gasteiger partial charge in [-0.3, -0.25) is 9.36 Å². The molecule has 0 saturated carbocycles. The Labute approximate surface area is 197 Å². The van der Waals surface area contributed by atoms with E-state index in [1.165, 1.54) is 11.8 Å². The molecule has 0 radical (unpaired) electrons. The highest BCUT2D eigenvalue weighted by Crippen LogP contribution is 2.38. The van der Waals surface area contributed by atoms with Crippen LogP contribution in [-0.4, -0.2) is 53.0 Å². The molecule has 2 aliphatic heterocycles. The van der Waals surface area contributed by atoms with Crippen molar-refractivity contribution in [3.05, 3.63) is 60.4 Å². The zero-order valence-electron chi connectivity index (χ0n) is 18.6. The van der Waals surface area contributed by atoms with E-state index in [-0.39, 0.29) is 11.9 Å². The monoisotopic (exact) mass is 465 g/mol. The molecule has 7 nitrogen and oxygen atoms in total. The van der Waals surface area contributed by atoms with Gasteiger partial charge in [-0.25, -0.2) is 4.98 Å². The van der Waals surface area contributed by atoms with Crippen LogP contribution in [0.15, 0.2) is 60.0 Å². The number of likely N-dealkylation sites (tertiary alicyclic amines) is 1. The number of rotatable bonds is 6. The Hall–Kier alpha value is -3.13. The van der Waals surface area contributed by atoms with Crippen LogP contribution in [-0.2, 0) is 4.79 Å². The molecule has 172 valence electrons. The van der Waals surface area contributed by atoms with Gasteiger partial charge in [0.25, 0.3) is 0 Å². The summed E-state index contributed by atoms with van der Waals surface area (Å²) in [6.07, 6.45) is 6.48. The van der Waals surface area contributed by atoms with Crippen LogP contribution in [0.2, 0.25) is 0 Å². The normalized spacial score (nSPS) is 17.6. The van der Waals surface area contributed by atoms with Crippen LogP contribution in [0.4, 0.5) is 0 Å². The first-order valence-electron chi connectivity index (χ1n) is 11.2. The number of aromatic nitrogens is 2. The van der Waals surface area contributed by atoms with Gasteiger partial charge in [-0.15, -0.1) is 0 Å². The first-order valence-corrected chi connectivity index (χ1v) is 12.2. The topological polar surface area (TPSA) is 65.8 Å². The molecule has 8 heteroatoms. The minimum absolute atomic E-state index is 0.0633. The van der Waals surface area contributed by atoms with Crippen LogP contribution in [0.3, 0.4) is 0 Å². The minimum atomic E-state index is 0.0633. The van der Waals surface area contributed by atoms with Gasteiger partial charge < -0.3 is 19.1 Å². The number of amides is 1. The molecule has 33 heavy (non-hydrogen) atoms. The Morgan fingerprint density at radius 1 is 1.15 bits per heavy atom. The summed E-state index contributed by atoms with van der Waals surface area (Å²) in [5, 5.41) is 0.780. The van der Waals surface area contributed by atoms with E-state index in [0.29, 0.717) is 19.0 Å². The van der Waals surface area contributed by atoms with Crippen molar-refractivity contribution in [2.24, 2.45) is 0 Å². The maximum Gasteiger partial charge on any atom is 0.233 e. The van der Waals surface area contributed by atoms with Crippen molar-refractivity contribution < 1.29 is 19.0 Å². The molecule has 0 N–H and O–H groups in total. The molecular formula is C25H27N3O4S. The van der Waals surface area contributed by atoms with Gasteiger partial charge in [-0.05, 0) is 42.7 Å². The third-order valence-electron chi connectivity index (χ3n) is 5.99. The Morgan fingerprint density at radius 3 is 2.91 bits per heavy atom. The number of ether oxygens (including phenoxy) is 3. The van der Waals surface area contributed by atoms with Crippen LogP contribution in [0.25, 0.3) is 5.69 Å². The highest BCUT2D eigenvalue weighted by Gasteiger charge is 2.31. The zero-order chi connectivity index (χ0) is 22.6. The summed E-state index contributed by atoms with van der Waals surface area (Å²) in [7, 11) is 1.65. The molecule has 0 bridgehead atoms. The summed E-state index contributed by atoms with van der Waals surface area (Å²) < 4.78 is 18.9. The number of imidazole rings is 1. The number of carbonyl (C=O) groups is 1. The number of benzene rings is 2. The lowest BCUT2D eigenvalue weighted by atomic mass is 10.0. The lowest BCUT2D eigenvalue weighted by molar-refractivity contribution is -0.129. The van der Waals surface area contributed by atoms with Crippen LogP contribution in [0, 0.1) is 0 Å². The summed E-state index contributed by atoms with van der Waals surface area (Å²) in [6, 6.07) is 13.9. The van der Waals surface area contributed by atoms with Gasteiger partial charge in [0.1, 0.15) is 5.75 Å². The molecule has 1 atom stereocenters. The van der Waals surface area contributed by atoms with E-state index in [0.717, 1.165) is 59.5 Å². The van der Waals surface area contributed by atoms with Crippen molar-refractivity contribution in [3.63, 3.8) is 0 Å². The first kappa shape index (κ1) is 21.7. The van der Waals surface area contributed by atoms with Crippen molar-refractivity contribution in [2.75, 3.05) is 32.6 Å². The van der Waals surface area contributed by atoms with Gasteiger partial charge in [0.15, 0.2) is 16.7 Å². The molecule has 1 amide bonds. The van der Waals surface area contributed by atoms with Gasteiger partial charge in [-0.1, -0.05) is 23.9 Å². The van der Waals surface area contributed by atoms with Crippen molar-refractivity contribution in [1.29, 1.82) is 0 Å². The Morgan fingerprint density at radius 2 is 2.03 bits per heavy atom. The summed E-state index contributed by atoms with van der Waals surface area (Å²) in [5.41, 5.74) is 2.06. The maximum atomic E-state index is 13.2. The van der Waals surface area contributed by atoms with E-state index < -0.39 is 0 Å². The van der Waals surface area contributed by atoms with E-state index in [2.05, 4.69) is 11.1 Å². The molecule has 1 unspecified atom stereocenters. The van der Waals surface area contributed by atoms with Gasteiger partial charge in [0.2, 0.25) is 5.91 Å². The molecule has 3 aromatic rings. The second-order valence-electron chi connectivity index (χ2n) is 8.07. The number of thioether (sulfide) groups is 1. The molecule has 1 fully saturated rings. The molecular weight excluding hydrogens is 438 g/mol. The molecule has 2 aliphatic rings. The lowest BCUT2D eigenvalue weighted by Gasteiger charge is -2.25. The number of hydrogen-bond acceptors (Lipinski definition) is 6. The van der Waals surface area contributed by atoms with Crippen LogP contribution in [0.5, 0.6) is 17.2 Å². The Kier molecular flexibility index (Phi) is 6.44. The van der Waals surface area contributed by atoms with E-state index in [9.17, 15) is 4.79 Å². The van der Waals surface area contributed by atoms with Crippen LogP contribution in [0.1, 0.15) is 30.9 Å². The number of methoxy groups -OCH3 is 1. The summed E-state index contributed by atoms with van der Waals surface area (Å²) in [4.78, 5) is 19.7. The lowest BCUT2D eigenvalue weighted by Crippen LogP contribution is -2.32. The smallest absolute Gasteiger partial charge is 0.233 e. The van der Waals surface area contributed by atoms with Crippen LogP contribution >= 0.6 is 11.8 Å². The standard InChI is InChI=1S/C25H27N3O4S/c1-30-20-6-2-5-19(16-20)27-12-10-26-25(27)33-17-24(29)28-11-3-7-21(28)18-8-9-22-23(15-18)32-14-4-13-31-22/h2,5-6,8-10,12,15-16,21H,3-4,7,11,13-14,17H2,1H3. The number of fused-ring (bicyclic) bond motifs is 1. The molecule has 0 spiro atoms. The molecule has 0 aliphatic carbocycles. The second-order valence-corrected chi connectivity index (χ2v) is 9.01. The predicted octanol–water partition coefficient (Wildman–Crippen LogP) is 4.50. The van der Waals surface area contributed by atoms with E-state index in [4.69, 9.17) is 14.2 Å². The largest absolute Gasteiger partial charge is 0.497 e. The molecule has 1 saturated heterocycles. The van der Waals surface area contributed by atoms with Gasteiger partial charge in [0.05, 0.1) is 37.8 Å². The quantitative estimate of drug-likeness (QED) is 0.500. The Bertz CT molecular complexity index is 1130. The number of nitrogens with zero attached hydrogens (tertiary/aromatic N) is 3. The SMILES string of the molecule is COc1cccc(-n2ccnc2SCC(=O)N2CCCC2c2ccc3c(c2)OCCCO3)c1. The fraction of sp³-hybridized carbons (Fsp3) is 0.360. The number of hydrogen-bond donors (Lipinski definition) is 0. The molecule has 3 heterocycles.